The number of carbonyl (C=O) groups is 1. The van der Waals surface area contributed by atoms with Crippen LogP contribution in [0.4, 0.5) is 0 Å². The molecule has 1 heterocycles. The Labute approximate surface area is 99.5 Å². The molecule has 6 heteroatoms. The molecule has 1 rings (SSSR count). The van der Waals surface area contributed by atoms with Crippen LogP contribution < -0.4 is 5.73 Å². The summed E-state index contributed by atoms with van der Waals surface area (Å²) in [5.41, 5.74) is 6.26. The van der Waals surface area contributed by atoms with E-state index >= 15 is 0 Å². The summed E-state index contributed by atoms with van der Waals surface area (Å²) in [7, 11) is 1.31. The molecule has 0 radical (unpaired) electrons. The van der Waals surface area contributed by atoms with E-state index < -0.39 is 11.5 Å². The van der Waals surface area contributed by atoms with Crippen molar-refractivity contribution in [3.05, 3.63) is 16.4 Å². The second-order valence-corrected chi connectivity index (χ2v) is 4.43. The smallest absolute Gasteiger partial charge is 0.327 e. The first-order chi connectivity index (χ1) is 7.29. The molecule has 2 N–H and O–H groups in total. The molecule has 1 aromatic heterocycles. The molecule has 0 spiro atoms. The normalized spacial score (nSPS) is 14.6. The van der Waals surface area contributed by atoms with Crippen molar-refractivity contribution in [1.29, 1.82) is 0 Å². The molecule has 0 aliphatic heterocycles. The molecule has 5 nitrogen and oxygen atoms in total. The van der Waals surface area contributed by atoms with Crippen molar-refractivity contribution >= 4 is 17.6 Å². The van der Waals surface area contributed by atoms with Gasteiger partial charge in [-0.25, -0.2) is 0 Å². The van der Waals surface area contributed by atoms with Gasteiger partial charge in [-0.1, -0.05) is 11.6 Å². The number of hydrogen-bond acceptors (Lipinski definition) is 4. The number of halogens is 1. The highest BCUT2D eigenvalue weighted by Crippen LogP contribution is 2.20. The lowest BCUT2D eigenvalue weighted by atomic mass is 10.1. The molecule has 0 bridgehead atoms. The van der Waals surface area contributed by atoms with Crippen LogP contribution in [0.5, 0.6) is 0 Å². The number of esters is 1. The molecule has 0 amide bonds. The Morgan fingerprint density at radius 2 is 2.19 bits per heavy atom. The van der Waals surface area contributed by atoms with E-state index in [0.29, 0.717) is 5.02 Å². The molecule has 90 valence electrons. The molecule has 1 atom stereocenters. The van der Waals surface area contributed by atoms with Gasteiger partial charge in [0.05, 0.1) is 30.1 Å². The number of methoxy groups -OCH3 is 1. The number of hydrogen-bond donors (Lipinski definition) is 1. The molecule has 0 fully saturated rings. The fourth-order valence-corrected chi connectivity index (χ4v) is 1.57. The molecule has 0 saturated carbocycles. The standard InChI is InChI=1S/C10H16ClN3O2/c1-6-8(11)7(2)14(13-6)5-10(3,12)9(15)16-4/h5,12H2,1-4H3. The van der Waals surface area contributed by atoms with Gasteiger partial charge in [0, 0.05) is 0 Å². The SMILES string of the molecule is COC(=O)C(C)(N)Cn1nc(C)c(Cl)c1C. The average molecular weight is 246 g/mol. The Morgan fingerprint density at radius 1 is 1.62 bits per heavy atom. The van der Waals surface area contributed by atoms with Crippen molar-refractivity contribution in [2.45, 2.75) is 32.9 Å². The quantitative estimate of drug-likeness (QED) is 0.808. The van der Waals surface area contributed by atoms with Crippen molar-refractivity contribution in [2.75, 3.05) is 7.11 Å². The summed E-state index contributed by atoms with van der Waals surface area (Å²) in [6, 6.07) is 0. The van der Waals surface area contributed by atoms with E-state index in [1.807, 2.05) is 6.92 Å². The number of nitrogens with zero attached hydrogens (tertiary/aromatic N) is 2. The number of nitrogens with two attached hydrogens (primary N) is 1. The first-order valence-corrected chi connectivity index (χ1v) is 5.24. The van der Waals surface area contributed by atoms with E-state index in [0.717, 1.165) is 11.4 Å². The molecular weight excluding hydrogens is 230 g/mol. The van der Waals surface area contributed by atoms with E-state index in [2.05, 4.69) is 9.84 Å². The van der Waals surface area contributed by atoms with Crippen LogP contribution in [0.1, 0.15) is 18.3 Å². The highest BCUT2D eigenvalue weighted by Gasteiger charge is 2.31. The Bertz CT molecular complexity index is 412. The molecule has 16 heavy (non-hydrogen) atoms. The number of aromatic nitrogens is 2. The van der Waals surface area contributed by atoms with E-state index in [1.165, 1.54) is 7.11 Å². The number of ether oxygens (including phenoxy) is 1. The summed E-state index contributed by atoms with van der Waals surface area (Å²) in [6.45, 7) is 5.47. The van der Waals surface area contributed by atoms with Crippen LogP contribution in [0.3, 0.4) is 0 Å². The van der Waals surface area contributed by atoms with Crippen LogP contribution in [0, 0.1) is 13.8 Å². The highest BCUT2D eigenvalue weighted by molar-refractivity contribution is 6.31. The number of aryl methyl sites for hydroxylation is 1. The summed E-state index contributed by atoms with van der Waals surface area (Å²) < 4.78 is 6.25. The summed E-state index contributed by atoms with van der Waals surface area (Å²) in [6.07, 6.45) is 0. The molecule has 0 aliphatic carbocycles. The number of carbonyl (C=O) groups excluding carboxylic acids is 1. The first-order valence-electron chi connectivity index (χ1n) is 4.86. The monoisotopic (exact) mass is 245 g/mol. The predicted octanol–water partition coefficient (Wildman–Crippen LogP) is 1.04. The van der Waals surface area contributed by atoms with Gasteiger partial charge < -0.3 is 10.5 Å². The van der Waals surface area contributed by atoms with Crippen LogP contribution in [0.2, 0.25) is 5.02 Å². The molecule has 0 aromatic carbocycles. The van der Waals surface area contributed by atoms with Gasteiger partial charge in [0.1, 0.15) is 5.54 Å². The number of rotatable bonds is 3. The van der Waals surface area contributed by atoms with Crippen molar-refractivity contribution < 1.29 is 9.53 Å². The van der Waals surface area contributed by atoms with Gasteiger partial charge in [-0.05, 0) is 20.8 Å². The Kier molecular flexibility index (Phi) is 3.60. The predicted molar refractivity (Wildman–Crippen MR) is 61.3 cm³/mol. The third-order valence-electron chi connectivity index (χ3n) is 2.42. The van der Waals surface area contributed by atoms with Gasteiger partial charge in [0.2, 0.25) is 0 Å². The van der Waals surface area contributed by atoms with Crippen molar-refractivity contribution in [1.82, 2.24) is 9.78 Å². The van der Waals surface area contributed by atoms with Gasteiger partial charge >= 0.3 is 5.97 Å². The maximum Gasteiger partial charge on any atom is 0.327 e. The van der Waals surface area contributed by atoms with Gasteiger partial charge in [-0.3, -0.25) is 9.48 Å². The van der Waals surface area contributed by atoms with Gasteiger partial charge in [-0.2, -0.15) is 5.10 Å². The van der Waals surface area contributed by atoms with Crippen LogP contribution >= 0.6 is 11.6 Å². The third kappa shape index (κ3) is 2.36. The molecule has 1 aromatic rings. The largest absolute Gasteiger partial charge is 0.468 e. The Morgan fingerprint density at radius 3 is 2.56 bits per heavy atom. The molecule has 0 aliphatic rings. The zero-order valence-electron chi connectivity index (χ0n) is 9.87. The zero-order valence-corrected chi connectivity index (χ0v) is 10.6. The maximum atomic E-state index is 11.4. The lowest BCUT2D eigenvalue weighted by molar-refractivity contribution is -0.147. The topological polar surface area (TPSA) is 70.1 Å². The van der Waals surface area contributed by atoms with Gasteiger partial charge in [-0.15, -0.1) is 0 Å². The van der Waals surface area contributed by atoms with E-state index in [9.17, 15) is 4.79 Å². The van der Waals surface area contributed by atoms with Crippen molar-refractivity contribution in [3.8, 4) is 0 Å². The van der Waals surface area contributed by atoms with E-state index in [-0.39, 0.29) is 6.54 Å². The summed E-state index contributed by atoms with van der Waals surface area (Å²) in [4.78, 5) is 11.4. The second kappa shape index (κ2) is 4.43. The summed E-state index contributed by atoms with van der Waals surface area (Å²) in [5, 5.41) is 4.81. The highest BCUT2D eigenvalue weighted by atomic mass is 35.5. The van der Waals surface area contributed by atoms with Crippen LogP contribution in [-0.4, -0.2) is 28.4 Å². The molecule has 0 saturated heterocycles. The Balaban J connectivity index is 2.96. The fraction of sp³-hybridized carbons (Fsp3) is 0.600. The van der Waals surface area contributed by atoms with E-state index in [4.69, 9.17) is 17.3 Å². The van der Waals surface area contributed by atoms with Gasteiger partial charge in [0.15, 0.2) is 0 Å². The van der Waals surface area contributed by atoms with Gasteiger partial charge in [0.25, 0.3) is 0 Å². The lowest BCUT2D eigenvalue weighted by Gasteiger charge is -2.21. The minimum atomic E-state index is -1.11. The molecule has 1 unspecified atom stereocenters. The fourth-order valence-electron chi connectivity index (χ4n) is 1.44. The summed E-state index contributed by atoms with van der Waals surface area (Å²) in [5.74, 6) is -0.476. The third-order valence-corrected chi connectivity index (χ3v) is 2.97. The minimum Gasteiger partial charge on any atom is -0.468 e. The zero-order chi connectivity index (χ0) is 12.5. The van der Waals surface area contributed by atoms with Crippen LogP contribution in [-0.2, 0) is 16.1 Å². The average Bonchev–Trinajstić information content (AvgIpc) is 2.44. The van der Waals surface area contributed by atoms with Crippen LogP contribution in [0.15, 0.2) is 0 Å². The first kappa shape index (κ1) is 13.0. The van der Waals surface area contributed by atoms with Crippen molar-refractivity contribution in [2.24, 2.45) is 5.73 Å². The molecular formula is C10H16ClN3O2. The Hall–Kier alpha value is -1.07. The van der Waals surface area contributed by atoms with E-state index in [1.54, 1.807) is 18.5 Å². The minimum absolute atomic E-state index is 0.235. The second-order valence-electron chi connectivity index (χ2n) is 4.05. The van der Waals surface area contributed by atoms with Crippen LogP contribution in [0.25, 0.3) is 0 Å². The maximum absolute atomic E-state index is 11.4. The van der Waals surface area contributed by atoms with Crippen molar-refractivity contribution in [3.63, 3.8) is 0 Å². The summed E-state index contributed by atoms with van der Waals surface area (Å²) >= 11 is 6.00. The lowest BCUT2D eigenvalue weighted by Crippen LogP contribution is -2.49.